The molecule has 0 amide bonds. The number of nitrogens with one attached hydrogen (secondary N) is 1. The van der Waals surface area contributed by atoms with Crippen LogP contribution in [0.15, 0.2) is 15.0 Å². The van der Waals surface area contributed by atoms with Gasteiger partial charge in [0.15, 0.2) is 0 Å². The Balaban J connectivity index is 0.000000399. The zero-order chi connectivity index (χ0) is 14.9. The van der Waals surface area contributed by atoms with Gasteiger partial charge in [0.05, 0.1) is 0 Å². The highest BCUT2D eigenvalue weighted by molar-refractivity contribution is 5.44. The van der Waals surface area contributed by atoms with Crippen molar-refractivity contribution in [3.8, 4) is 0 Å². The van der Waals surface area contributed by atoms with Gasteiger partial charge >= 0.3 is 0 Å². The SMILES string of the molecule is C=Nc1nc(N=C)nc(N=C)n1.CCNC(C)(C)C. The molecule has 0 aliphatic carbocycles. The summed E-state index contributed by atoms with van der Waals surface area (Å²) >= 11 is 0. The Bertz CT molecular complexity index is 369. The lowest BCUT2D eigenvalue weighted by molar-refractivity contribution is 0.439. The molecule has 0 radical (unpaired) electrons. The molecule has 0 atom stereocenters. The molecule has 1 heterocycles. The van der Waals surface area contributed by atoms with Crippen molar-refractivity contribution in [1.82, 2.24) is 20.3 Å². The molecule has 1 N–H and O–H groups in total. The Kier molecular flexibility index (Phi) is 7.28. The molecule has 104 valence electrons. The monoisotopic (exact) mass is 263 g/mol. The highest BCUT2D eigenvalue weighted by Gasteiger charge is 2.04. The van der Waals surface area contributed by atoms with E-state index in [2.05, 4.69) is 83.1 Å². The third kappa shape index (κ3) is 7.82. The molecule has 7 nitrogen and oxygen atoms in total. The van der Waals surface area contributed by atoms with Crippen molar-refractivity contribution in [2.24, 2.45) is 15.0 Å². The van der Waals surface area contributed by atoms with E-state index in [1.165, 1.54) is 0 Å². The van der Waals surface area contributed by atoms with Crippen LogP contribution in [-0.2, 0) is 0 Å². The maximum atomic E-state index is 3.75. The molecular formula is C12H21N7. The summed E-state index contributed by atoms with van der Waals surface area (Å²) in [5, 5.41) is 3.28. The lowest BCUT2D eigenvalue weighted by Crippen LogP contribution is -2.35. The van der Waals surface area contributed by atoms with Crippen LogP contribution in [0.3, 0.4) is 0 Å². The lowest BCUT2D eigenvalue weighted by atomic mass is 10.1. The Hall–Kier alpha value is -2.02. The molecule has 0 bridgehead atoms. The average Bonchev–Trinajstić information content (AvgIpc) is 2.37. The molecule has 7 heteroatoms. The van der Waals surface area contributed by atoms with Crippen molar-refractivity contribution in [1.29, 1.82) is 0 Å². The Morgan fingerprint density at radius 2 is 1.21 bits per heavy atom. The second-order valence-corrected chi connectivity index (χ2v) is 4.49. The van der Waals surface area contributed by atoms with Crippen molar-refractivity contribution in [2.75, 3.05) is 6.54 Å². The van der Waals surface area contributed by atoms with Crippen LogP contribution >= 0.6 is 0 Å². The van der Waals surface area contributed by atoms with Crippen LogP contribution in [0.4, 0.5) is 17.8 Å². The van der Waals surface area contributed by atoms with Gasteiger partial charge in [-0.2, -0.15) is 15.0 Å². The fourth-order valence-corrected chi connectivity index (χ4v) is 1.09. The van der Waals surface area contributed by atoms with Gasteiger partial charge in [-0.3, -0.25) is 0 Å². The molecule has 0 spiro atoms. The van der Waals surface area contributed by atoms with Gasteiger partial charge < -0.3 is 5.32 Å². The first-order chi connectivity index (χ1) is 8.86. The van der Waals surface area contributed by atoms with E-state index in [9.17, 15) is 0 Å². The minimum absolute atomic E-state index is 0.162. The molecule has 0 saturated carbocycles. The van der Waals surface area contributed by atoms with Crippen molar-refractivity contribution in [3.63, 3.8) is 0 Å². The van der Waals surface area contributed by atoms with Crippen molar-refractivity contribution in [2.45, 2.75) is 33.2 Å². The van der Waals surface area contributed by atoms with Gasteiger partial charge in [-0.1, -0.05) is 6.92 Å². The summed E-state index contributed by atoms with van der Waals surface area (Å²) in [6, 6.07) is 0. The Morgan fingerprint density at radius 3 is 1.32 bits per heavy atom. The Morgan fingerprint density at radius 1 is 0.895 bits per heavy atom. The van der Waals surface area contributed by atoms with Crippen LogP contribution in [0.5, 0.6) is 0 Å². The van der Waals surface area contributed by atoms with E-state index in [4.69, 9.17) is 0 Å². The predicted molar refractivity (Wildman–Crippen MR) is 80.9 cm³/mol. The van der Waals surface area contributed by atoms with E-state index in [1.807, 2.05) is 0 Å². The third-order valence-corrected chi connectivity index (χ3v) is 1.73. The molecule has 0 aromatic carbocycles. The van der Waals surface area contributed by atoms with Gasteiger partial charge in [-0.05, 0) is 47.5 Å². The molecule has 1 aromatic rings. The smallest absolute Gasteiger partial charge is 0.255 e. The zero-order valence-corrected chi connectivity index (χ0v) is 12.0. The molecular weight excluding hydrogens is 242 g/mol. The van der Waals surface area contributed by atoms with Crippen molar-refractivity contribution < 1.29 is 0 Å². The number of hydrogen-bond donors (Lipinski definition) is 1. The standard InChI is InChI=1S/C6H6N6.C6H15N/c1-7-4-10-5(8-2)12-6(9-3)11-4;1-5-7-6(2,3)4/h1-3H2;7H,5H2,1-4H3. The van der Waals surface area contributed by atoms with Gasteiger partial charge in [0.1, 0.15) is 0 Å². The van der Waals surface area contributed by atoms with Crippen LogP contribution in [-0.4, -0.2) is 47.2 Å². The van der Waals surface area contributed by atoms with Gasteiger partial charge in [-0.15, -0.1) is 0 Å². The number of nitrogens with zero attached hydrogens (tertiary/aromatic N) is 6. The largest absolute Gasteiger partial charge is 0.312 e. The Labute approximate surface area is 114 Å². The zero-order valence-electron chi connectivity index (χ0n) is 12.0. The first-order valence-corrected chi connectivity index (χ1v) is 5.77. The average molecular weight is 263 g/mol. The minimum atomic E-state index is 0.162. The first kappa shape index (κ1) is 17.0. The molecule has 0 fully saturated rings. The summed E-state index contributed by atoms with van der Waals surface area (Å²) in [6.07, 6.45) is 0. The molecule has 0 aliphatic heterocycles. The van der Waals surface area contributed by atoms with E-state index >= 15 is 0 Å². The molecule has 0 unspecified atom stereocenters. The molecule has 0 saturated heterocycles. The van der Waals surface area contributed by atoms with Crippen molar-refractivity contribution in [3.05, 3.63) is 0 Å². The van der Waals surface area contributed by atoms with Crippen LogP contribution < -0.4 is 5.32 Å². The second kappa shape index (κ2) is 8.15. The summed E-state index contributed by atoms with van der Waals surface area (Å²) in [6.45, 7) is 19.4. The van der Waals surface area contributed by atoms with Crippen LogP contribution in [0.2, 0.25) is 0 Å². The van der Waals surface area contributed by atoms with Gasteiger partial charge in [0.2, 0.25) is 0 Å². The molecule has 1 aromatic heterocycles. The molecule has 0 aliphatic rings. The van der Waals surface area contributed by atoms with E-state index in [-0.39, 0.29) is 17.8 Å². The number of aliphatic imine (C=N–C) groups is 3. The van der Waals surface area contributed by atoms with E-state index < -0.39 is 0 Å². The van der Waals surface area contributed by atoms with Gasteiger partial charge in [0.25, 0.3) is 17.8 Å². The quantitative estimate of drug-likeness (QED) is 0.844. The summed E-state index contributed by atoms with van der Waals surface area (Å²) in [4.78, 5) is 21.8. The summed E-state index contributed by atoms with van der Waals surface area (Å²) in [5.74, 6) is 0.486. The summed E-state index contributed by atoms with van der Waals surface area (Å²) in [7, 11) is 0. The number of hydrogen-bond acceptors (Lipinski definition) is 7. The lowest BCUT2D eigenvalue weighted by Gasteiger charge is -2.18. The minimum Gasteiger partial charge on any atom is -0.312 e. The maximum Gasteiger partial charge on any atom is 0.255 e. The van der Waals surface area contributed by atoms with E-state index in [0.29, 0.717) is 5.54 Å². The fourth-order valence-electron chi connectivity index (χ4n) is 1.09. The molecule has 19 heavy (non-hydrogen) atoms. The van der Waals surface area contributed by atoms with Crippen LogP contribution in [0, 0.1) is 0 Å². The van der Waals surface area contributed by atoms with E-state index in [0.717, 1.165) is 6.54 Å². The highest BCUT2D eigenvalue weighted by atomic mass is 15.2. The van der Waals surface area contributed by atoms with Gasteiger partial charge in [-0.25, -0.2) is 15.0 Å². The van der Waals surface area contributed by atoms with Crippen molar-refractivity contribution >= 4 is 38.0 Å². The number of aromatic nitrogens is 3. The third-order valence-electron chi connectivity index (χ3n) is 1.73. The highest BCUT2D eigenvalue weighted by Crippen LogP contribution is 2.13. The summed E-state index contributed by atoms with van der Waals surface area (Å²) in [5.41, 5.74) is 0.300. The van der Waals surface area contributed by atoms with Gasteiger partial charge in [0, 0.05) is 5.54 Å². The van der Waals surface area contributed by atoms with Crippen LogP contribution in [0.1, 0.15) is 27.7 Å². The normalized spacial score (nSPS) is 10.1. The predicted octanol–water partition coefficient (Wildman–Crippen LogP) is 2.26. The second-order valence-electron chi connectivity index (χ2n) is 4.49. The summed E-state index contributed by atoms with van der Waals surface area (Å²) < 4.78 is 0. The fraction of sp³-hybridized carbons (Fsp3) is 0.500. The van der Waals surface area contributed by atoms with E-state index in [1.54, 1.807) is 0 Å². The molecule has 1 rings (SSSR count). The number of rotatable bonds is 4. The topological polar surface area (TPSA) is 87.8 Å². The maximum absolute atomic E-state index is 3.75. The first-order valence-electron chi connectivity index (χ1n) is 5.77. The van der Waals surface area contributed by atoms with Crippen LogP contribution in [0.25, 0.3) is 0 Å².